The summed E-state index contributed by atoms with van der Waals surface area (Å²) in [5, 5.41) is 0. The number of alkyl halides is 1. The first-order valence-electron chi connectivity index (χ1n) is 8.28. The standard InChI is InChI=1S/C14H19NO3.C4H8ClNO2/c1-14(2,3)18-13(16)15-8-10-5-6-12(17-4)7-11(10)9-15;5-2-1-3-8-4(6)7/h5-7H,8-9H2,1-4H3;1-3H2,(H2,6,7). The number of amides is 2. The number of carbonyl (C=O) groups is 2. The van der Waals surface area contributed by atoms with Crippen LogP contribution in [0.25, 0.3) is 0 Å². The highest BCUT2D eigenvalue weighted by Gasteiger charge is 2.27. The highest BCUT2D eigenvalue weighted by Crippen LogP contribution is 2.27. The molecule has 0 aromatic heterocycles. The van der Waals surface area contributed by atoms with Crippen molar-refractivity contribution in [3.8, 4) is 5.75 Å². The average molecular weight is 387 g/mol. The Kier molecular flexibility index (Phi) is 8.51. The number of ether oxygens (including phenoxy) is 3. The van der Waals surface area contributed by atoms with Crippen LogP contribution in [-0.4, -0.2) is 42.3 Å². The molecule has 7 nitrogen and oxygen atoms in total. The molecule has 1 aliphatic rings. The molecule has 146 valence electrons. The van der Waals surface area contributed by atoms with Gasteiger partial charge >= 0.3 is 12.2 Å². The van der Waals surface area contributed by atoms with Gasteiger partial charge in [0.15, 0.2) is 0 Å². The predicted molar refractivity (Wildman–Crippen MR) is 99.3 cm³/mol. The van der Waals surface area contributed by atoms with Crippen molar-refractivity contribution >= 4 is 23.8 Å². The van der Waals surface area contributed by atoms with Crippen LogP contribution in [0.3, 0.4) is 0 Å². The van der Waals surface area contributed by atoms with Crippen molar-refractivity contribution < 1.29 is 23.8 Å². The van der Waals surface area contributed by atoms with E-state index in [0.717, 1.165) is 16.9 Å². The maximum Gasteiger partial charge on any atom is 0.410 e. The first kappa shape index (κ1) is 21.9. The van der Waals surface area contributed by atoms with E-state index in [1.807, 2.05) is 39.0 Å². The van der Waals surface area contributed by atoms with E-state index in [4.69, 9.17) is 21.1 Å². The summed E-state index contributed by atoms with van der Waals surface area (Å²) < 4.78 is 14.9. The lowest BCUT2D eigenvalue weighted by atomic mass is 10.1. The Morgan fingerprint density at radius 3 is 2.42 bits per heavy atom. The van der Waals surface area contributed by atoms with Gasteiger partial charge in [-0.3, -0.25) is 4.90 Å². The van der Waals surface area contributed by atoms with E-state index < -0.39 is 11.7 Å². The van der Waals surface area contributed by atoms with Gasteiger partial charge in [0.1, 0.15) is 11.4 Å². The van der Waals surface area contributed by atoms with Gasteiger partial charge < -0.3 is 19.9 Å². The van der Waals surface area contributed by atoms with Gasteiger partial charge in [-0.2, -0.15) is 0 Å². The van der Waals surface area contributed by atoms with E-state index in [1.54, 1.807) is 12.0 Å². The highest BCUT2D eigenvalue weighted by molar-refractivity contribution is 6.17. The smallest absolute Gasteiger partial charge is 0.410 e. The van der Waals surface area contributed by atoms with Gasteiger partial charge in [-0.15, -0.1) is 11.6 Å². The molecule has 0 fully saturated rings. The number of nitrogens with two attached hydrogens (primary N) is 1. The van der Waals surface area contributed by atoms with Gasteiger partial charge in [-0.1, -0.05) is 6.07 Å². The van der Waals surface area contributed by atoms with Crippen LogP contribution >= 0.6 is 11.6 Å². The molecule has 26 heavy (non-hydrogen) atoms. The number of hydrogen-bond donors (Lipinski definition) is 1. The number of benzene rings is 1. The molecule has 0 saturated heterocycles. The maximum atomic E-state index is 12.0. The van der Waals surface area contributed by atoms with Crippen LogP contribution in [0.15, 0.2) is 18.2 Å². The number of rotatable bonds is 4. The molecule has 1 aromatic rings. The molecule has 2 amide bonds. The van der Waals surface area contributed by atoms with Gasteiger partial charge in [0, 0.05) is 19.0 Å². The Bertz CT molecular complexity index is 616. The summed E-state index contributed by atoms with van der Waals surface area (Å²) >= 11 is 5.25. The third kappa shape index (κ3) is 7.82. The molecule has 0 atom stereocenters. The first-order valence-corrected chi connectivity index (χ1v) is 8.81. The molecule has 0 radical (unpaired) electrons. The minimum atomic E-state index is -0.741. The summed E-state index contributed by atoms with van der Waals surface area (Å²) in [6.07, 6.45) is -0.349. The number of fused-ring (bicyclic) bond motifs is 1. The fourth-order valence-corrected chi connectivity index (χ4v) is 2.29. The fourth-order valence-electron chi connectivity index (χ4n) is 2.18. The monoisotopic (exact) mass is 386 g/mol. The molecular weight excluding hydrogens is 360 g/mol. The number of hydrogen-bond acceptors (Lipinski definition) is 5. The predicted octanol–water partition coefficient (Wildman–Crippen LogP) is 3.66. The fraction of sp³-hybridized carbons (Fsp3) is 0.556. The molecular formula is C18H27ClN2O5. The molecule has 1 heterocycles. The number of halogens is 1. The molecule has 2 N–H and O–H groups in total. The van der Waals surface area contributed by atoms with Crippen LogP contribution in [0.1, 0.15) is 38.3 Å². The zero-order valence-corrected chi connectivity index (χ0v) is 16.5. The second-order valence-corrected chi connectivity index (χ2v) is 7.06. The van der Waals surface area contributed by atoms with Crippen molar-refractivity contribution in [2.75, 3.05) is 19.6 Å². The number of carbonyl (C=O) groups excluding carboxylic acids is 2. The van der Waals surface area contributed by atoms with Crippen LogP contribution in [0.5, 0.6) is 5.75 Å². The van der Waals surface area contributed by atoms with E-state index >= 15 is 0 Å². The number of methoxy groups -OCH3 is 1. The molecule has 0 saturated carbocycles. The summed E-state index contributed by atoms with van der Waals surface area (Å²) in [6, 6.07) is 5.88. The first-order chi connectivity index (χ1) is 12.2. The quantitative estimate of drug-likeness (QED) is 0.629. The summed E-state index contributed by atoms with van der Waals surface area (Å²) in [7, 11) is 1.64. The average Bonchev–Trinajstić information content (AvgIpc) is 2.97. The second kappa shape index (κ2) is 10.1. The summed E-state index contributed by atoms with van der Waals surface area (Å²) in [5.41, 5.74) is 6.45. The molecule has 0 unspecified atom stereocenters. The lowest BCUT2D eigenvalue weighted by Gasteiger charge is -2.24. The molecule has 1 aliphatic heterocycles. The second-order valence-electron chi connectivity index (χ2n) is 6.68. The summed E-state index contributed by atoms with van der Waals surface area (Å²) in [4.78, 5) is 23.5. The van der Waals surface area contributed by atoms with Crippen molar-refractivity contribution in [3.05, 3.63) is 29.3 Å². The zero-order chi connectivity index (χ0) is 19.7. The SMILES string of the molecule is COc1ccc2c(c1)CN(C(=O)OC(C)(C)C)C2.NC(=O)OCCCCl. The zero-order valence-electron chi connectivity index (χ0n) is 15.7. The summed E-state index contributed by atoms with van der Waals surface area (Å²) in [5.74, 6) is 1.31. The minimum Gasteiger partial charge on any atom is -0.497 e. The molecule has 0 bridgehead atoms. The summed E-state index contributed by atoms with van der Waals surface area (Å²) in [6.45, 7) is 7.12. The third-order valence-corrected chi connectivity index (χ3v) is 3.58. The van der Waals surface area contributed by atoms with Gasteiger partial charge in [-0.05, 0) is 50.5 Å². The Labute approximate surface area is 159 Å². The van der Waals surface area contributed by atoms with E-state index in [9.17, 15) is 9.59 Å². The van der Waals surface area contributed by atoms with Crippen LogP contribution in [0, 0.1) is 0 Å². The highest BCUT2D eigenvalue weighted by atomic mass is 35.5. The largest absolute Gasteiger partial charge is 0.497 e. The Hall–Kier alpha value is -2.15. The van der Waals surface area contributed by atoms with Crippen molar-refractivity contribution in [1.29, 1.82) is 0 Å². The van der Waals surface area contributed by atoms with Gasteiger partial charge in [-0.25, -0.2) is 9.59 Å². The van der Waals surface area contributed by atoms with Crippen LogP contribution < -0.4 is 10.5 Å². The Morgan fingerprint density at radius 1 is 1.23 bits per heavy atom. The van der Waals surface area contributed by atoms with Crippen molar-refractivity contribution in [3.63, 3.8) is 0 Å². The van der Waals surface area contributed by atoms with Crippen molar-refractivity contribution in [2.45, 2.75) is 45.9 Å². The van der Waals surface area contributed by atoms with E-state index in [0.29, 0.717) is 32.0 Å². The molecule has 1 aromatic carbocycles. The number of primary amides is 1. The van der Waals surface area contributed by atoms with E-state index in [1.165, 1.54) is 0 Å². The van der Waals surface area contributed by atoms with Gasteiger partial charge in [0.05, 0.1) is 13.7 Å². The van der Waals surface area contributed by atoms with Gasteiger partial charge in [0.2, 0.25) is 0 Å². The Balaban J connectivity index is 0.000000359. The molecule has 0 aliphatic carbocycles. The van der Waals surface area contributed by atoms with E-state index in [2.05, 4.69) is 10.5 Å². The molecule has 0 spiro atoms. The number of nitrogens with zero attached hydrogens (tertiary/aromatic N) is 1. The van der Waals surface area contributed by atoms with Crippen LogP contribution in [-0.2, 0) is 22.6 Å². The molecule has 2 rings (SSSR count). The normalized spacial score (nSPS) is 12.6. The van der Waals surface area contributed by atoms with Crippen molar-refractivity contribution in [2.24, 2.45) is 5.73 Å². The maximum absolute atomic E-state index is 12.0. The third-order valence-electron chi connectivity index (χ3n) is 3.31. The lowest BCUT2D eigenvalue weighted by molar-refractivity contribution is 0.0241. The molecule has 8 heteroatoms. The van der Waals surface area contributed by atoms with Crippen molar-refractivity contribution in [1.82, 2.24) is 4.90 Å². The topological polar surface area (TPSA) is 91.1 Å². The van der Waals surface area contributed by atoms with E-state index in [-0.39, 0.29) is 6.09 Å². The minimum absolute atomic E-state index is 0.266. The van der Waals surface area contributed by atoms with Crippen LogP contribution in [0.2, 0.25) is 0 Å². The Morgan fingerprint density at radius 2 is 1.88 bits per heavy atom. The lowest BCUT2D eigenvalue weighted by Crippen LogP contribution is -2.33. The van der Waals surface area contributed by atoms with Crippen LogP contribution in [0.4, 0.5) is 9.59 Å². The van der Waals surface area contributed by atoms with Gasteiger partial charge in [0.25, 0.3) is 0 Å².